The highest BCUT2D eigenvalue weighted by Gasteiger charge is 2.25. The molecule has 1 fully saturated rings. The first-order valence-corrected chi connectivity index (χ1v) is 10.6. The van der Waals surface area contributed by atoms with Crippen molar-refractivity contribution < 1.29 is 9.21 Å². The van der Waals surface area contributed by atoms with Crippen LogP contribution in [0.15, 0.2) is 65.6 Å². The number of piperidine rings is 1. The van der Waals surface area contributed by atoms with Crippen molar-refractivity contribution in [2.45, 2.75) is 25.3 Å². The largest absolute Gasteiger partial charge is 0.472 e. The van der Waals surface area contributed by atoms with Gasteiger partial charge in [-0.2, -0.15) is 0 Å². The summed E-state index contributed by atoms with van der Waals surface area (Å²) in [5.41, 5.74) is 2.55. The van der Waals surface area contributed by atoms with Gasteiger partial charge in [-0.3, -0.25) is 4.79 Å². The number of hydrogen-bond acceptors (Lipinski definition) is 5. The fraction of sp³-hybridized carbons (Fsp3) is 0.304. The first-order chi connectivity index (χ1) is 14.7. The molecule has 7 heteroatoms. The Morgan fingerprint density at radius 1 is 1.20 bits per heavy atom. The van der Waals surface area contributed by atoms with Crippen LogP contribution in [0.2, 0.25) is 5.02 Å². The lowest BCUT2D eigenvalue weighted by Crippen LogP contribution is -2.39. The van der Waals surface area contributed by atoms with E-state index < -0.39 is 0 Å². The van der Waals surface area contributed by atoms with Gasteiger partial charge in [-0.15, -0.1) is 0 Å². The van der Waals surface area contributed by atoms with Gasteiger partial charge in [0.05, 0.1) is 23.1 Å². The minimum absolute atomic E-state index is 0.201. The van der Waals surface area contributed by atoms with Crippen molar-refractivity contribution in [3.63, 3.8) is 0 Å². The summed E-state index contributed by atoms with van der Waals surface area (Å²) in [6, 6.07) is 13.2. The van der Waals surface area contributed by atoms with Crippen LogP contribution in [0.4, 0.5) is 11.5 Å². The molecule has 0 aliphatic carbocycles. The number of furan rings is 1. The van der Waals surface area contributed by atoms with E-state index in [0.29, 0.717) is 22.3 Å². The van der Waals surface area contributed by atoms with E-state index in [1.165, 1.54) is 6.20 Å². The van der Waals surface area contributed by atoms with Crippen molar-refractivity contribution in [3.05, 3.63) is 77.3 Å². The number of rotatable bonds is 7. The summed E-state index contributed by atoms with van der Waals surface area (Å²) < 4.78 is 5.27. The maximum atomic E-state index is 12.9. The summed E-state index contributed by atoms with van der Waals surface area (Å²) >= 11 is 5.88. The summed E-state index contributed by atoms with van der Waals surface area (Å²) in [7, 11) is 0. The molecule has 0 bridgehead atoms. The molecule has 1 saturated heterocycles. The summed E-state index contributed by atoms with van der Waals surface area (Å²) in [6.45, 7) is 2.03. The van der Waals surface area contributed by atoms with Gasteiger partial charge < -0.3 is 20.4 Å². The number of carbonyl (C=O) groups is 1. The van der Waals surface area contributed by atoms with Crippen molar-refractivity contribution in [3.8, 4) is 0 Å². The second kappa shape index (κ2) is 9.78. The summed E-state index contributed by atoms with van der Waals surface area (Å²) in [5.74, 6) is 0.767. The number of benzene rings is 1. The molecule has 3 N–H and O–H groups in total. The van der Waals surface area contributed by atoms with Gasteiger partial charge >= 0.3 is 0 Å². The molecular formula is C23H25ClN4O2. The first-order valence-electron chi connectivity index (χ1n) is 10.2. The average Bonchev–Trinajstić information content (AvgIpc) is 3.29. The number of hydrogen-bond donors (Lipinski definition) is 3. The second-order valence-electron chi connectivity index (χ2n) is 7.54. The van der Waals surface area contributed by atoms with E-state index in [1.54, 1.807) is 24.7 Å². The van der Waals surface area contributed by atoms with E-state index in [-0.39, 0.29) is 11.9 Å². The molecule has 1 unspecified atom stereocenters. The normalized spacial score (nSPS) is 15.5. The molecule has 6 nitrogen and oxygen atoms in total. The zero-order valence-electron chi connectivity index (χ0n) is 16.6. The molecule has 1 aromatic carbocycles. The van der Waals surface area contributed by atoms with Gasteiger partial charge in [0, 0.05) is 17.9 Å². The van der Waals surface area contributed by atoms with E-state index in [9.17, 15) is 4.79 Å². The molecule has 3 heterocycles. The number of nitrogens with zero attached hydrogens (tertiary/aromatic N) is 1. The SMILES string of the molecule is O=C(Nc1ccc(Cl)cn1)c1ccccc1NC(Cc1ccoc1)C1CCNCC1. The molecule has 0 spiro atoms. The minimum Gasteiger partial charge on any atom is -0.472 e. The Morgan fingerprint density at radius 2 is 2.03 bits per heavy atom. The molecule has 1 aliphatic heterocycles. The molecule has 4 rings (SSSR count). The van der Waals surface area contributed by atoms with Crippen molar-refractivity contribution in [1.82, 2.24) is 10.3 Å². The lowest BCUT2D eigenvalue weighted by Gasteiger charge is -2.32. The monoisotopic (exact) mass is 424 g/mol. The number of para-hydroxylation sites is 1. The average molecular weight is 425 g/mol. The third-order valence-corrected chi connectivity index (χ3v) is 5.69. The lowest BCUT2D eigenvalue weighted by molar-refractivity contribution is 0.102. The van der Waals surface area contributed by atoms with Crippen LogP contribution in [0.25, 0.3) is 0 Å². The molecule has 1 atom stereocenters. The highest BCUT2D eigenvalue weighted by molar-refractivity contribution is 6.30. The molecule has 0 saturated carbocycles. The van der Waals surface area contributed by atoms with Gasteiger partial charge in [0.15, 0.2) is 0 Å². The third-order valence-electron chi connectivity index (χ3n) is 5.47. The summed E-state index contributed by atoms with van der Waals surface area (Å²) in [4.78, 5) is 17.1. The van der Waals surface area contributed by atoms with Crippen LogP contribution >= 0.6 is 11.6 Å². The molecule has 1 aliphatic rings. The van der Waals surface area contributed by atoms with E-state index in [2.05, 4.69) is 20.9 Å². The van der Waals surface area contributed by atoms with Crippen molar-refractivity contribution in [2.24, 2.45) is 5.92 Å². The summed E-state index contributed by atoms with van der Waals surface area (Å²) in [6.07, 6.45) is 8.04. The maximum Gasteiger partial charge on any atom is 0.258 e. The minimum atomic E-state index is -0.208. The molecule has 30 heavy (non-hydrogen) atoms. The van der Waals surface area contributed by atoms with E-state index in [0.717, 1.165) is 43.6 Å². The number of anilines is 2. The molecule has 2 aromatic heterocycles. The molecule has 3 aromatic rings. The number of nitrogens with one attached hydrogen (secondary N) is 3. The van der Waals surface area contributed by atoms with Crippen LogP contribution in [-0.2, 0) is 6.42 Å². The van der Waals surface area contributed by atoms with Crippen LogP contribution in [-0.4, -0.2) is 30.0 Å². The van der Waals surface area contributed by atoms with Crippen LogP contribution < -0.4 is 16.0 Å². The topological polar surface area (TPSA) is 79.2 Å². The predicted molar refractivity (Wildman–Crippen MR) is 119 cm³/mol. The number of halogens is 1. The maximum absolute atomic E-state index is 12.9. The van der Waals surface area contributed by atoms with Crippen molar-refractivity contribution in [2.75, 3.05) is 23.7 Å². The number of pyridine rings is 1. The molecule has 1 amide bonds. The predicted octanol–water partition coefficient (Wildman–Crippen LogP) is 4.60. The highest BCUT2D eigenvalue weighted by atomic mass is 35.5. The molecule has 0 radical (unpaired) electrons. The Hall–Kier alpha value is -2.83. The fourth-order valence-corrected chi connectivity index (χ4v) is 4.00. The number of amides is 1. The van der Waals surface area contributed by atoms with Crippen molar-refractivity contribution >= 4 is 29.0 Å². The van der Waals surface area contributed by atoms with Gasteiger partial charge in [-0.1, -0.05) is 23.7 Å². The van der Waals surface area contributed by atoms with Crippen LogP contribution in [0.5, 0.6) is 0 Å². The third kappa shape index (κ3) is 5.20. The Labute approximate surface area is 181 Å². The zero-order valence-corrected chi connectivity index (χ0v) is 17.4. The molecule has 156 valence electrons. The first kappa shape index (κ1) is 20.4. The standard InChI is InChI=1S/C23H25ClN4O2/c24-18-5-6-22(26-14-18)28-23(29)19-3-1-2-4-20(19)27-21(13-16-9-12-30-15-16)17-7-10-25-11-8-17/h1-6,9,12,14-15,17,21,25,27H,7-8,10-11,13H2,(H,26,28,29). The van der Waals surface area contributed by atoms with E-state index in [1.807, 2.05) is 30.3 Å². The van der Waals surface area contributed by atoms with E-state index in [4.69, 9.17) is 16.0 Å². The van der Waals surface area contributed by atoms with Crippen LogP contribution in [0.1, 0.15) is 28.8 Å². The highest BCUT2D eigenvalue weighted by Crippen LogP contribution is 2.26. The van der Waals surface area contributed by atoms with Crippen molar-refractivity contribution in [1.29, 1.82) is 0 Å². The molecular weight excluding hydrogens is 400 g/mol. The van der Waals surface area contributed by atoms with E-state index >= 15 is 0 Å². The van der Waals surface area contributed by atoms with Gasteiger partial charge in [0.25, 0.3) is 5.91 Å². The van der Waals surface area contributed by atoms with Gasteiger partial charge in [-0.25, -0.2) is 4.98 Å². The second-order valence-corrected chi connectivity index (χ2v) is 7.97. The Bertz CT molecular complexity index is 954. The van der Waals surface area contributed by atoms with Crippen LogP contribution in [0, 0.1) is 5.92 Å². The fourth-order valence-electron chi connectivity index (χ4n) is 3.89. The Morgan fingerprint density at radius 3 is 2.77 bits per heavy atom. The van der Waals surface area contributed by atoms with Gasteiger partial charge in [0.2, 0.25) is 0 Å². The summed E-state index contributed by atoms with van der Waals surface area (Å²) in [5, 5.41) is 10.5. The Balaban J connectivity index is 1.54. The lowest BCUT2D eigenvalue weighted by atomic mass is 9.86. The van der Waals surface area contributed by atoms with Gasteiger partial charge in [-0.05, 0) is 74.2 Å². The quantitative estimate of drug-likeness (QED) is 0.516. The van der Waals surface area contributed by atoms with Gasteiger partial charge in [0.1, 0.15) is 5.82 Å². The van der Waals surface area contributed by atoms with Crippen LogP contribution in [0.3, 0.4) is 0 Å². The smallest absolute Gasteiger partial charge is 0.258 e. The Kier molecular flexibility index (Phi) is 6.67. The number of aromatic nitrogens is 1. The zero-order chi connectivity index (χ0) is 20.8. The number of carbonyl (C=O) groups excluding carboxylic acids is 1.